The smallest absolute Gasteiger partial charge is 0.240 e. The Morgan fingerprint density at radius 3 is 2.88 bits per heavy atom. The number of thioether (sulfide) groups is 1. The molecule has 98 valence electrons. The molecule has 2 heterocycles. The highest BCUT2D eigenvalue weighted by atomic mass is 32.2. The van der Waals surface area contributed by atoms with Crippen LogP contribution >= 0.6 is 11.8 Å². The molecule has 2 saturated heterocycles. The highest BCUT2D eigenvalue weighted by Gasteiger charge is 2.40. The Bertz CT molecular complexity index is 327. The number of ketones is 1. The first-order valence-corrected chi connectivity index (χ1v) is 7.38. The molecule has 0 spiro atoms. The van der Waals surface area contributed by atoms with Crippen molar-refractivity contribution < 1.29 is 11.0 Å². The molecule has 1 amide bonds. The molecular formula is C12H22N2O2S. The molecule has 0 aromatic rings. The predicted molar refractivity (Wildman–Crippen MR) is 71.2 cm³/mol. The first-order valence-electron chi connectivity index (χ1n) is 6.22. The number of rotatable bonds is 2. The van der Waals surface area contributed by atoms with Gasteiger partial charge < -0.3 is 10.2 Å². The third-order valence-corrected chi connectivity index (χ3v) is 4.89. The van der Waals surface area contributed by atoms with Gasteiger partial charge in [-0.3, -0.25) is 9.59 Å². The van der Waals surface area contributed by atoms with Crippen LogP contribution in [0.3, 0.4) is 0 Å². The van der Waals surface area contributed by atoms with Gasteiger partial charge in [0.2, 0.25) is 5.91 Å². The van der Waals surface area contributed by atoms with E-state index in [1.54, 1.807) is 18.7 Å². The summed E-state index contributed by atoms with van der Waals surface area (Å²) in [5.41, 5.74) is 0. The minimum atomic E-state index is -0.208. The number of fused-ring (bicyclic) bond motifs is 1. The summed E-state index contributed by atoms with van der Waals surface area (Å²) in [6.07, 6.45) is 2.97. The lowest BCUT2D eigenvalue weighted by Gasteiger charge is -2.40. The molecule has 0 saturated carbocycles. The molecule has 17 heavy (non-hydrogen) atoms. The summed E-state index contributed by atoms with van der Waals surface area (Å²) in [5, 5.41) is 3.08. The molecule has 1 N–H and O–H groups in total. The second-order valence-electron chi connectivity index (χ2n) is 4.84. The SMILES string of the molecule is CNC1CCCC2CSCC(C(C)=O)N2C1=O.[HH]. The molecule has 0 bridgehead atoms. The van der Waals surface area contributed by atoms with Crippen molar-refractivity contribution in [3.8, 4) is 0 Å². The molecule has 3 atom stereocenters. The van der Waals surface area contributed by atoms with Gasteiger partial charge in [0, 0.05) is 19.0 Å². The topological polar surface area (TPSA) is 49.4 Å². The van der Waals surface area contributed by atoms with Crippen LogP contribution in [-0.4, -0.2) is 53.3 Å². The van der Waals surface area contributed by atoms with Gasteiger partial charge in [-0.15, -0.1) is 0 Å². The number of hydrogen-bond donors (Lipinski definition) is 1. The summed E-state index contributed by atoms with van der Waals surface area (Å²) in [6, 6.07) is -0.0568. The summed E-state index contributed by atoms with van der Waals surface area (Å²) in [6.45, 7) is 1.60. The largest absolute Gasteiger partial charge is 0.327 e. The number of carbonyl (C=O) groups excluding carboxylic acids is 2. The molecule has 2 fully saturated rings. The lowest BCUT2D eigenvalue weighted by molar-refractivity contribution is -0.141. The molecule has 0 aromatic carbocycles. The number of likely N-dealkylation sites (N-methyl/N-ethyl adjacent to an activating group) is 1. The maximum absolute atomic E-state index is 12.4. The lowest BCUT2D eigenvalue weighted by atomic mass is 10.1. The fraction of sp³-hybridized carbons (Fsp3) is 0.833. The van der Waals surface area contributed by atoms with E-state index in [1.807, 2.05) is 11.9 Å². The fourth-order valence-corrected chi connectivity index (χ4v) is 4.08. The molecule has 0 radical (unpaired) electrons. The maximum Gasteiger partial charge on any atom is 0.240 e. The molecule has 2 aliphatic rings. The predicted octanol–water partition coefficient (Wildman–Crippen LogP) is 0.906. The average Bonchev–Trinajstić information content (AvgIpc) is 2.48. The van der Waals surface area contributed by atoms with E-state index in [9.17, 15) is 9.59 Å². The first kappa shape index (κ1) is 12.9. The third kappa shape index (κ3) is 2.50. The molecule has 2 aliphatic heterocycles. The summed E-state index contributed by atoms with van der Waals surface area (Å²) >= 11 is 1.80. The van der Waals surface area contributed by atoms with E-state index >= 15 is 0 Å². The van der Waals surface area contributed by atoms with Gasteiger partial charge in [-0.25, -0.2) is 0 Å². The van der Waals surface area contributed by atoms with E-state index in [0.29, 0.717) is 0 Å². The van der Waals surface area contributed by atoms with Crippen molar-refractivity contribution in [1.29, 1.82) is 0 Å². The van der Waals surface area contributed by atoms with Gasteiger partial charge in [0.15, 0.2) is 5.78 Å². The molecule has 5 heteroatoms. The summed E-state index contributed by atoms with van der Waals surface area (Å²) in [4.78, 5) is 26.0. The van der Waals surface area contributed by atoms with Crippen LogP contribution in [-0.2, 0) is 9.59 Å². The Morgan fingerprint density at radius 2 is 2.24 bits per heavy atom. The Hall–Kier alpha value is -0.550. The van der Waals surface area contributed by atoms with Crippen molar-refractivity contribution in [3.05, 3.63) is 0 Å². The molecule has 4 nitrogen and oxygen atoms in total. The van der Waals surface area contributed by atoms with Gasteiger partial charge in [-0.1, -0.05) is 0 Å². The van der Waals surface area contributed by atoms with Crippen molar-refractivity contribution in [2.45, 2.75) is 44.3 Å². The Labute approximate surface area is 108 Å². The van der Waals surface area contributed by atoms with Crippen molar-refractivity contribution in [2.24, 2.45) is 0 Å². The quantitative estimate of drug-likeness (QED) is 0.800. The Morgan fingerprint density at radius 1 is 1.47 bits per heavy atom. The van der Waals surface area contributed by atoms with Gasteiger partial charge in [0.25, 0.3) is 0 Å². The van der Waals surface area contributed by atoms with Gasteiger partial charge in [0.1, 0.15) is 0 Å². The molecule has 0 aliphatic carbocycles. The van der Waals surface area contributed by atoms with Crippen LogP contribution < -0.4 is 5.32 Å². The van der Waals surface area contributed by atoms with Gasteiger partial charge in [-0.05, 0) is 33.2 Å². The van der Waals surface area contributed by atoms with Crippen LogP contribution in [0, 0.1) is 0 Å². The zero-order chi connectivity index (χ0) is 12.4. The molecule has 3 unspecified atom stereocenters. The second kappa shape index (κ2) is 5.40. The number of nitrogens with one attached hydrogen (secondary N) is 1. The van der Waals surface area contributed by atoms with Crippen molar-refractivity contribution in [2.75, 3.05) is 18.6 Å². The van der Waals surface area contributed by atoms with Crippen molar-refractivity contribution in [1.82, 2.24) is 10.2 Å². The Balaban J connectivity index is 0.00000162. The first-order chi connectivity index (χ1) is 8.15. The highest BCUT2D eigenvalue weighted by Crippen LogP contribution is 2.29. The fourth-order valence-electron chi connectivity index (χ4n) is 2.73. The molecule has 2 rings (SSSR count). The standard InChI is InChI=1S/C12H20N2O2S.H2/c1-8(15)11-7-17-6-9-4-3-5-10(13-2)12(16)14(9)11;/h9-11,13H,3-7H2,1-2H3;1H. The molecule has 0 aromatic heterocycles. The van der Waals surface area contributed by atoms with E-state index in [1.165, 1.54) is 0 Å². The van der Waals surface area contributed by atoms with Gasteiger partial charge >= 0.3 is 0 Å². The van der Waals surface area contributed by atoms with Crippen molar-refractivity contribution in [3.63, 3.8) is 0 Å². The van der Waals surface area contributed by atoms with E-state index < -0.39 is 0 Å². The minimum absolute atomic E-state index is 0. The van der Waals surface area contributed by atoms with Crippen LogP contribution in [0.2, 0.25) is 0 Å². The van der Waals surface area contributed by atoms with E-state index in [0.717, 1.165) is 30.8 Å². The summed E-state index contributed by atoms with van der Waals surface area (Å²) < 4.78 is 0. The second-order valence-corrected chi connectivity index (χ2v) is 5.91. The maximum atomic E-state index is 12.4. The van der Waals surface area contributed by atoms with Crippen LogP contribution in [0.4, 0.5) is 0 Å². The average molecular weight is 258 g/mol. The summed E-state index contributed by atoms with van der Waals surface area (Å²) in [5.74, 6) is 1.97. The molecular weight excluding hydrogens is 236 g/mol. The van der Waals surface area contributed by atoms with E-state index in [2.05, 4.69) is 5.32 Å². The number of carbonyl (C=O) groups is 2. The van der Waals surface area contributed by atoms with Crippen LogP contribution in [0.25, 0.3) is 0 Å². The third-order valence-electron chi connectivity index (χ3n) is 3.72. The van der Waals surface area contributed by atoms with E-state index in [-0.39, 0.29) is 31.2 Å². The lowest BCUT2D eigenvalue weighted by Crippen LogP contribution is -2.58. The minimum Gasteiger partial charge on any atom is -0.327 e. The normalized spacial score (nSPS) is 34.1. The van der Waals surface area contributed by atoms with Crippen molar-refractivity contribution >= 4 is 23.5 Å². The van der Waals surface area contributed by atoms with Crippen LogP contribution in [0.5, 0.6) is 0 Å². The van der Waals surface area contributed by atoms with Gasteiger partial charge in [-0.2, -0.15) is 11.8 Å². The Kier molecular flexibility index (Phi) is 4.09. The number of amides is 1. The van der Waals surface area contributed by atoms with Crippen LogP contribution in [0.15, 0.2) is 0 Å². The number of nitrogens with zero attached hydrogens (tertiary/aromatic N) is 1. The number of Topliss-reactive ketones (excluding diaryl/α,β-unsaturated/α-hetero) is 1. The van der Waals surface area contributed by atoms with Gasteiger partial charge in [0.05, 0.1) is 12.1 Å². The monoisotopic (exact) mass is 258 g/mol. The van der Waals surface area contributed by atoms with Crippen LogP contribution in [0.1, 0.15) is 27.6 Å². The highest BCUT2D eigenvalue weighted by molar-refractivity contribution is 7.99. The zero-order valence-corrected chi connectivity index (χ0v) is 11.3. The summed E-state index contributed by atoms with van der Waals surface area (Å²) in [7, 11) is 1.82. The zero-order valence-electron chi connectivity index (χ0n) is 10.4. The van der Waals surface area contributed by atoms with E-state index in [4.69, 9.17) is 0 Å². The number of hydrogen-bond acceptors (Lipinski definition) is 4.